The zero-order chi connectivity index (χ0) is 22.8. The fourth-order valence-electron chi connectivity index (χ4n) is 4.77. The van der Waals surface area contributed by atoms with Gasteiger partial charge in [0.15, 0.2) is 11.5 Å². The average molecular weight is 437 g/mol. The topological polar surface area (TPSA) is 85.3 Å². The molecule has 0 spiro atoms. The summed E-state index contributed by atoms with van der Waals surface area (Å²) in [6.07, 6.45) is 3.61. The minimum atomic E-state index is -0.783. The summed E-state index contributed by atoms with van der Waals surface area (Å²) in [6, 6.07) is 11.3. The normalized spacial score (nSPS) is 20.6. The number of hydrogen-bond donors (Lipinski definition) is 1. The number of rotatable bonds is 6. The van der Waals surface area contributed by atoms with Crippen molar-refractivity contribution in [1.82, 2.24) is 4.90 Å². The predicted molar refractivity (Wildman–Crippen MR) is 119 cm³/mol. The molecule has 0 aromatic heterocycles. The van der Waals surface area contributed by atoms with Crippen molar-refractivity contribution in [3.63, 3.8) is 0 Å². The van der Waals surface area contributed by atoms with Gasteiger partial charge in [0.05, 0.1) is 32.9 Å². The molecule has 1 saturated carbocycles. The molecule has 1 N–H and O–H groups in total. The lowest BCUT2D eigenvalue weighted by Gasteiger charge is -2.31. The molecule has 1 saturated heterocycles. The Morgan fingerprint density at radius 1 is 0.969 bits per heavy atom. The summed E-state index contributed by atoms with van der Waals surface area (Å²) in [4.78, 5) is 28.1. The largest absolute Gasteiger partial charge is 0.507 e. The summed E-state index contributed by atoms with van der Waals surface area (Å²) < 4.78 is 16.3. The number of amides is 1. The number of hydrogen-bond acceptors (Lipinski definition) is 6. The Morgan fingerprint density at radius 3 is 2.34 bits per heavy atom. The molecule has 2 aromatic rings. The highest BCUT2D eigenvalue weighted by Gasteiger charge is 2.50. The summed E-state index contributed by atoms with van der Waals surface area (Å²) in [6.45, 7) is 0. The number of benzene rings is 2. The van der Waals surface area contributed by atoms with Gasteiger partial charge in [-0.15, -0.1) is 0 Å². The number of para-hydroxylation sites is 1. The van der Waals surface area contributed by atoms with E-state index in [2.05, 4.69) is 0 Å². The molecule has 32 heavy (non-hydrogen) atoms. The van der Waals surface area contributed by atoms with Crippen LogP contribution in [0.4, 0.5) is 0 Å². The fraction of sp³-hybridized carbons (Fsp3) is 0.360. The number of aliphatic hydroxyl groups is 1. The monoisotopic (exact) mass is 437 g/mol. The molecule has 168 valence electrons. The van der Waals surface area contributed by atoms with Gasteiger partial charge in [-0.25, -0.2) is 0 Å². The quantitative estimate of drug-likeness (QED) is 0.417. The van der Waals surface area contributed by atoms with Crippen molar-refractivity contribution in [2.75, 3.05) is 21.3 Å². The Morgan fingerprint density at radius 2 is 1.69 bits per heavy atom. The van der Waals surface area contributed by atoms with Crippen molar-refractivity contribution in [3.8, 4) is 17.2 Å². The van der Waals surface area contributed by atoms with Crippen LogP contribution >= 0.6 is 0 Å². The lowest BCUT2D eigenvalue weighted by atomic mass is 9.93. The minimum absolute atomic E-state index is 0.0432. The van der Waals surface area contributed by atoms with Crippen molar-refractivity contribution < 1.29 is 28.9 Å². The molecule has 1 heterocycles. The van der Waals surface area contributed by atoms with Crippen molar-refractivity contribution >= 4 is 17.4 Å². The average Bonchev–Trinajstić information content (AvgIpc) is 3.44. The van der Waals surface area contributed by atoms with E-state index in [1.54, 1.807) is 47.4 Å². The Labute approximate surface area is 187 Å². The van der Waals surface area contributed by atoms with Gasteiger partial charge < -0.3 is 24.2 Å². The van der Waals surface area contributed by atoms with Gasteiger partial charge in [-0.2, -0.15) is 0 Å². The molecule has 1 aliphatic heterocycles. The van der Waals surface area contributed by atoms with Crippen molar-refractivity contribution in [1.29, 1.82) is 0 Å². The number of ether oxygens (including phenoxy) is 3. The predicted octanol–water partition coefficient (Wildman–Crippen LogP) is 4.08. The number of likely N-dealkylation sites (tertiary alicyclic amines) is 1. The molecular weight excluding hydrogens is 410 g/mol. The first kappa shape index (κ1) is 21.7. The first-order valence-electron chi connectivity index (χ1n) is 10.7. The van der Waals surface area contributed by atoms with Crippen LogP contribution in [-0.2, 0) is 9.59 Å². The third-order valence-corrected chi connectivity index (χ3v) is 6.27. The number of aliphatic hydroxyl groups excluding tert-OH is 1. The maximum Gasteiger partial charge on any atom is 0.295 e. The first-order chi connectivity index (χ1) is 15.5. The number of ketones is 1. The number of Topliss-reactive ketones (excluding diaryl/α,β-unsaturated/α-hetero) is 1. The molecule has 2 fully saturated rings. The van der Waals surface area contributed by atoms with E-state index in [0.29, 0.717) is 28.4 Å². The van der Waals surface area contributed by atoms with Crippen molar-refractivity contribution in [2.45, 2.75) is 37.8 Å². The lowest BCUT2D eigenvalue weighted by Crippen LogP contribution is -2.37. The van der Waals surface area contributed by atoms with Crippen molar-refractivity contribution in [2.24, 2.45) is 0 Å². The maximum absolute atomic E-state index is 13.3. The van der Waals surface area contributed by atoms with Gasteiger partial charge in [-0.3, -0.25) is 9.59 Å². The van der Waals surface area contributed by atoms with E-state index in [-0.39, 0.29) is 17.4 Å². The van der Waals surface area contributed by atoms with E-state index >= 15 is 0 Å². The molecule has 1 unspecified atom stereocenters. The second-order valence-corrected chi connectivity index (χ2v) is 7.96. The van der Waals surface area contributed by atoms with Crippen molar-refractivity contribution in [3.05, 3.63) is 59.2 Å². The molecule has 1 aliphatic carbocycles. The van der Waals surface area contributed by atoms with Crippen LogP contribution in [-0.4, -0.2) is 49.1 Å². The van der Waals surface area contributed by atoms with Crippen LogP contribution < -0.4 is 14.2 Å². The number of carbonyl (C=O) groups is 2. The third kappa shape index (κ3) is 3.57. The molecular formula is C25H27NO6. The standard InChI is InChI=1S/C25H27NO6/c1-30-17-11-6-8-15(14-17)22(27)20-21(18-12-7-13-19(31-2)24(18)32-3)26(25(29)23(20)28)16-9-4-5-10-16/h6-8,11-14,16,21,27H,4-5,9-10H2,1-3H3/b22-20-. The third-order valence-electron chi connectivity index (χ3n) is 6.27. The van der Waals surface area contributed by atoms with Crippen LogP contribution in [0.15, 0.2) is 48.0 Å². The Balaban J connectivity index is 1.95. The Kier molecular flexibility index (Phi) is 6.08. The van der Waals surface area contributed by atoms with Gasteiger partial charge in [0.2, 0.25) is 0 Å². The van der Waals surface area contributed by atoms with Gasteiger partial charge in [0, 0.05) is 17.2 Å². The van der Waals surface area contributed by atoms with Crippen LogP contribution in [0.1, 0.15) is 42.9 Å². The summed E-state index contributed by atoms with van der Waals surface area (Å²) >= 11 is 0. The SMILES string of the molecule is COc1cccc(/C(O)=C2/C(=O)C(=O)N(C3CCCC3)C2c2cccc(OC)c2OC)c1. The smallest absolute Gasteiger partial charge is 0.295 e. The van der Waals surface area contributed by atoms with Gasteiger partial charge in [0.25, 0.3) is 11.7 Å². The van der Waals surface area contributed by atoms with Crippen LogP contribution in [0, 0.1) is 0 Å². The molecule has 0 bridgehead atoms. The Hall–Kier alpha value is -3.48. The molecule has 1 atom stereocenters. The minimum Gasteiger partial charge on any atom is -0.507 e. The zero-order valence-electron chi connectivity index (χ0n) is 18.5. The van der Waals surface area contributed by atoms with Crippen LogP contribution in [0.3, 0.4) is 0 Å². The highest BCUT2D eigenvalue weighted by molar-refractivity contribution is 6.46. The molecule has 2 aliphatic rings. The number of carbonyl (C=O) groups excluding carboxylic acids is 2. The van der Waals surface area contributed by atoms with Crippen LogP contribution in [0.2, 0.25) is 0 Å². The van der Waals surface area contributed by atoms with E-state index in [1.807, 2.05) is 0 Å². The number of nitrogens with zero attached hydrogens (tertiary/aromatic N) is 1. The summed E-state index contributed by atoms with van der Waals surface area (Å²) in [5.41, 5.74) is 1.05. The zero-order valence-corrected chi connectivity index (χ0v) is 18.5. The molecule has 1 amide bonds. The number of methoxy groups -OCH3 is 3. The van der Waals surface area contributed by atoms with Crippen LogP contribution in [0.5, 0.6) is 17.2 Å². The van der Waals surface area contributed by atoms with Gasteiger partial charge in [-0.1, -0.05) is 37.1 Å². The van der Waals surface area contributed by atoms with E-state index in [0.717, 1.165) is 25.7 Å². The van der Waals surface area contributed by atoms with E-state index in [1.165, 1.54) is 21.3 Å². The van der Waals surface area contributed by atoms with Crippen LogP contribution in [0.25, 0.3) is 5.76 Å². The molecule has 0 radical (unpaired) electrons. The fourth-order valence-corrected chi connectivity index (χ4v) is 4.77. The van der Waals surface area contributed by atoms with E-state index in [4.69, 9.17) is 14.2 Å². The maximum atomic E-state index is 13.3. The summed E-state index contributed by atoms with van der Waals surface area (Å²) in [7, 11) is 4.58. The van der Waals surface area contributed by atoms with Gasteiger partial charge >= 0.3 is 0 Å². The summed E-state index contributed by atoms with van der Waals surface area (Å²) in [5, 5.41) is 11.3. The molecule has 4 rings (SSSR count). The molecule has 2 aromatic carbocycles. The Bertz CT molecular complexity index is 1070. The van der Waals surface area contributed by atoms with Gasteiger partial charge in [-0.05, 0) is 31.0 Å². The second kappa shape index (κ2) is 8.94. The first-order valence-corrected chi connectivity index (χ1v) is 10.7. The van der Waals surface area contributed by atoms with Gasteiger partial charge in [0.1, 0.15) is 11.5 Å². The van der Waals surface area contributed by atoms with E-state index in [9.17, 15) is 14.7 Å². The summed E-state index contributed by atoms with van der Waals surface area (Å²) in [5.74, 6) is -0.0830. The highest BCUT2D eigenvalue weighted by Crippen LogP contribution is 2.48. The molecule has 7 heteroatoms. The van der Waals surface area contributed by atoms with E-state index < -0.39 is 17.7 Å². The second-order valence-electron chi connectivity index (χ2n) is 7.96. The molecule has 7 nitrogen and oxygen atoms in total. The lowest BCUT2D eigenvalue weighted by molar-refractivity contribution is -0.141. The highest BCUT2D eigenvalue weighted by atomic mass is 16.5.